The number of carboxylic acid groups (broad SMARTS) is 1. The van der Waals surface area contributed by atoms with Gasteiger partial charge in [0, 0.05) is 37.6 Å². The molecule has 1 fully saturated rings. The first-order valence-electron chi connectivity index (χ1n) is 9.03. The van der Waals surface area contributed by atoms with Crippen LogP contribution in [0.5, 0.6) is 0 Å². The van der Waals surface area contributed by atoms with Crippen molar-refractivity contribution in [2.45, 2.75) is 13.0 Å². The minimum absolute atomic E-state index is 0.106. The molecule has 2 N–H and O–H groups in total. The first-order valence-corrected chi connectivity index (χ1v) is 9.41. The zero-order valence-electron chi connectivity index (χ0n) is 15.3. The molecule has 9 heteroatoms. The van der Waals surface area contributed by atoms with Crippen LogP contribution in [0.2, 0.25) is 5.15 Å². The number of rotatable bonds is 2. The van der Waals surface area contributed by atoms with Crippen molar-refractivity contribution in [3.8, 4) is 0 Å². The lowest BCUT2D eigenvalue weighted by molar-refractivity contribution is -0.117. The predicted molar refractivity (Wildman–Crippen MR) is 108 cm³/mol. The number of aromatic nitrogens is 1. The summed E-state index contributed by atoms with van der Waals surface area (Å²) in [5.74, 6) is 0.507. The number of nitrogens with zero attached hydrogens (tertiary/aromatic N) is 4. The molecule has 0 bridgehead atoms. The summed E-state index contributed by atoms with van der Waals surface area (Å²) in [6, 6.07) is 10.8. The first kappa shape index (κ1) is 18.4. The van der Waals surface area contributed by atoms with Gasteiger partial charge in [-0.3, -0.25) is 4.79 Å². The van der Waals surface area contributed by atoms with Crippen LogP contribution in [0.1, 0.15) is 6.92 Å². The summed E-state index contributed by atoms with van der Waals surface area (Å²) in [5.41, 5.74) is 2.48. The molecule has 28 heavy (non-hydrogen) atoms. The molecule has 1 atom stereocenters. The first-order chi connectivity index (χ1) is 13.4. The molecule has 2 aromatic rings. The van der Waals surface area contributed by atoms with Crippen molar-refractivity contribution >= 4 is 46.5 Å². The largest absolute Gasteiger partial charge is 0.465 e. The Bertz CT molecular complexity index is 912. The van der Waals surface area contributed by atoms with E-state index in [0.29, 0.717) is 42.8 Å². The maximum Gasteiger partial charge on any atom is 0.407 e. The minimum atomic E-state index is -0.878. The molecule has 0 aliphatic carbocycles. The van der Waals surface area contributed by atoms with Gasteiger partial charge in [-0.25, -0.2) is 9.78 Å². The number of carbonyl (C=O) groups excluding carboxylic acids is 1. The third-order valence-corrected chi connectivity index (χ3v) is 5.35. The molecule has 0 radical (unpaired) electrons. The zero-order valence-corrected chi connectivity index (χ0v) is 16.1. The standard InChI is InChI=1S/C19H20ClN5O3/c1-12-18(26)21-15-6-7-16(20)22-17(15)25(12)14-4-2-13(3-5-14)23-8-10-24(11-9-23)19(27)28/h2-7,12H,8-11H2,1H3,(H,21,26)(H,27,28). The molecule has 146 valence electrons. The van der Waals surface area contributed by atoms with Gasteiger partial charge in [-0.1, -0.05) is 11.6 Å². The quantitative estimate of drug-likeness (QED) is 0.752. The summed E-state index contributed by atoms with van der Waals surface area (Å²) < 4.78 is 0. The van der Waals surface area contributed by atoms with Crippen molar-refractivity contribution in [1.82, 2.24) is 9.88 Å². The van der Waals surface area contributed by atoms with E-state index in [1.54, 1.807) is 12.1 Å². The fourth-order valence-corrected chi connectivity index (χ4v) is 3.71. The number of benzene rings is 1. The highest BCUT2D eigenvalue weighted by Crippen LogP contribution is 2.37. The Morgan fingerprint density at radius 3 is 2.39 bits per heavy atom. The van der Waals surface area contributed by atoms with Crippen molar-refractivity contribution < 1.29 is 14.7 Å². The molecule has 1 aromatic heterocycles. The number of amides is 2. The van der Waals surface area contributed by atoms with E-state index < -0.39 is 12.1 Å². The van der Waals surface area contributed by atoms with E-state index in [1.807, 2.05) is 36.1 Å². The van der Waals surface area contributed by atoms with E-state index in [-0.39, 0.29) is 5.91 Å². The average Bonchev–Trinajstić information content (AvgIpc) is 2.70. The summed E-state index contributed by atoms with van der Waals surface area (Å²) >= 11 is 6.07. The van der Waals surface area contributed by atoms with E-state index in [2.05, 4.69) is 15.2 Å². The van der Waals surface area contributed by atoms with Gasteiger partial charge in [0.2, 0.25) is 5.91 Å². The van der Waals surface area contributed by atoms with E-state index in [4.69, 9.17) is 16.7 Å². The van der Waals surface area contributed by atoms with E-state index in [9.17, 15) is 9.59 Å². The number of piperazine rings is 1. The number of hydrogen-bond donors (Lipinski definition) is 2. The van der Waals surface area contributed by atoms with Crippen LogP contribution >= 0.6 is 11.6 Å². The highest BCUT2D eigenvalue weighted by atomic mass is 35.5. The number of halogens is 1. The molecule has 2 amide bonds. The lowest BCUT2D eigenvalue weighted by Gasteiger charge is -2.36. The maximum atomic E-state index is 12.4. The lowest BCUT2D eigenvalue weighted by Crippen LogP contribution is -2.48. The number of hydrogen-bond acceptors (Lipinski definition) is 5. The van der Waals surface area contributed by atoms with Crippen molar-refractivity contribution in [1.29, 1.82) is 0 Å². The van der Waals surface area contributed by atoms with Crippen LogP contribution in [-0.2, 0) is 4.79 Å². The Labute approximate surface area is 167 Å². The Balaban J connectivity index is 1.58. The molecule has 4 rings (SSSR count). The third kappa shape index (κ3) is 3.31. The monoisotopic (exact) mass is 401 g/mol. The molecule has 0 saturated carbocycles. The van der Waals surface area contributed by atoms with Gasteiger partial charge >= 0.3 is 6.09 Å². The molecule has 1 unspecified atom stereocenters. The topological polar surface area (TPSA) is 89.0 Å². The second-order valence-electron chi connectivity index (χ2n) is 6.81. The molecule has 1 aromatic carbocycles. The summed E-state index contributed by atoms with van der Waals surface area (Å²) in [6.07, 6.45) is -0.878. The molecule has 1 saturated heterocycles. The van der Waals surface area contributed by atoms with Gasteiger partial charge in [0.15, 0.2) is 5.82 Å². The molecule has 8 nitrogen and oxygen atoms in total. The van der Waals surface area contributed by atoms with E-state index in [1.165, 1.54) is 4.90 Å². The van der Waals surface area contributed by atoms with Crippen LogP contribution in [0.15, 0.2) is 36.4 Å². The number of nitrogens with one attached hydrogen (secondary N) is 1. The van der Waals surface area contributed by atoms with Gasteiger partial charge in [0.1, 0.15) is 11.2 Å². The molecule has 0 spiro atoms. The number of fused-ring (bicyclic) bond motifs is 1. The summed E-state index contributed by atoms with van der Waals surface area (Å²) in [6.45, 7) is 4.08. The molecule has 3 heterocycles. The highest BCUT2D eigenvalue weighted by molar-refractivity contribution is 6.29. The van der Waals surface area contributed by atoms with Crippen LogP contribution in [0, 0.1) is 0 Å². The molecule has 2 aliphatic rings. The smallest absolute Gasteiger partial charge is 0.407 e. The fourth-order valence-electron chi connectivity index (χ4n) is 3.57. The number of anilines is 4. The van der Waals surface area contributed by atoms with E-state index in [0.717, 1.165) is 11.4 Å². The van der Waals surface area contributed by atoms with Crippen LogP contribution in [0.3, 0.4) is 0 Å². The summed E-state index contributed by atoms with van der Waals surface area (Å²) in [7, 11) is 0. The van der Waals surface area contributed by atoms with Gasteiger partial charge < -0.3 is 25.1 Å². The second kappa shape index (κ2) is 7.20. The lowest BCUT2D eigenvalue weighted by atomic mass is 10.1. The van der Waals surface area contributed by atoms with Crippen molar-refractivity contribution in [3.05, 3.63) is 41.6 Å². The van der Waals surface area contributed by atoms with Crippen molar-refractivity contribution in [2.75, 3.05) is 41.3 Å². The van der Waals surface area contributed by atoms with Gasteiger partial charge in [-0.05, 0) is 43.3 Å². The van der Waals surface area contributed by atoms with Gasteiger partial charge in [0.05, 0.1) is 5.69 Å². The van der Waals surface area contributed by atoms with Crippen molar-refractivity contribution in [2.24, 2.45) is 0 Å². The number of carbonyl (C=O) groups is 2. The van der Waals surface area contributed by atoms with Gasteiger partial charge in [-0.2, -0.15) is 0 Å². The third-order valence-electron chi connectivity index (χ3n) is 5.14. The molecular formula is C19H20ClN5O3. The Morgan fingerprint density at radius 1 is 1.11 bits per heavy atom. The highest BCUT2D eigenvalue weighted by Gasteiger charge is 2.32. The van der Waals surface area contributed by atoms with Crippen LogP contribution < -0.4 is 15.1 Å². The van der Waals surface area contributed by atoms with Crippen LogP contribution in [-0.4, -0.2) is 59.2 Å². The van der Waals surface area contributed by atoms with Crippen LogP contribution in [0.25, 0.3) is 0 Å². The number of pyridine rings is 1. The second-order valence-corrected chi connectivity index (χ2v) is 7.20. The minimum Gasteiger partial charge on any atom is -0.465 e. The van der Waals surface area contributed by atoms with E-state index >= 15 is 0 Å². The maximum absolute atomic E-state index is 12.4. The summed E-state index contributed by atoms with van der Waals surface area (Å²) in [5, 5.41) is 12.3. The predicted octanol–water partition coefficient (Wildman–Crippen LogP) is 3.01. The van der Waals surface area contributed by atoms with Gasteiger partial charge in [-0.15, -0.1) is 0 Å². The van der Waals surface area contributed by atoms with Crippen LogP contribution in [0.4, 0.5) is 27.7 Å². The normalized spacial score (nSPS) is 19.3. The zero-order chi connectivity index (χ0) is 19.8. The summed E-state index contributed by atoms with van der Waals surface area (Å²) in [4.78, 5) is 33.2. The van der Waals surface area contributed by atoms with Crippen molar-refractivity contribution in [3.63, 3.8) is 0 Å². The Hall–Kier alpha value is -3.00. The Kier molecular flexibility index (Phi) is 4.72. The molecule has 2 aliphatic heterocycles. The Morgan fingerprint density at radius 2 is 1.75 bits per heavy atom. The molecular weight excluding hydrogens is 382 g/mol. The average molecular weight is 402 g/mol. The van der Waals surface area contributed by atoms with Gasteiger partial charge in [0.25, 0.3) is 0 Å². The fraction of sp³-hybridized carbons (Fsp3) is 0.316. The SMILES string of the molecule is CC1C(=O)Nc2ccc(Cl)nc2N1c1ccc(N2CCN(C(=O)O)CC2)cc1.